The van der Waals surface area contributed by atoms with Gasteiger partial charge in [0.1, 0.15) is 5.25 Å². The largest absolute Gasteiger partial charge is 0.326 e. The van der Waals surface area contributed by atoms with Crippen LogP contribution < -0.4 is 10.6 Å². The molecular formula is C16H17BrN4O2S. The summed E-state index contributed by atoms with van der Waals surface area (Å²) in [6.45, 7) is 0. The molecule has 1 aliphatic carbocycles. The van der Waals surface area contributed by atoms with E-state index < -0.39 is 5.25 Å². The molecule has 24 heavy (non-hydrogen) atoms. The molecule has 1 aromatic carbocycles. The van der Waals surface area contributed by atoms with Crippen molar-refractivity contribution in [3.8, 4) is 0 Å². The molecule has 0 radical (unpaired) electrons. The highest BCUT2D eigenvalue weighted by Crippen LogP contribution is 2.24. The SMILES string of the molecule is O=C(C[C@@H]1S/C(=N\N=C2CCCC2)NC1=O)Nc1ccc(Br)cc1. The molecule has 0 unspecified atom stereocenters. The Morgan fingerprint density at radius 3 is 2.67 bits per heavy atom. The van der Waals surface area contributed by atoms with Crippen LogP contribution in [0.4, 0.5) is 5.69 Å². The van der Waals surface area contributed by atoms with Crippen LogP contribution in [0.1, 0.15) is 32.1 Å². The number of carbonyl (C=O) groups is 2. The fourth-order valence-electron chi connectivity index (χ4n) is 2.50. The summed E-state index contributed by atoms with van der Waals surface area (Å²) < 4.78 is 0.941. The Balaban J connectivity index is 1.54. The van der Waals surface area contributed by atoms with E-state index in [0.29, 0.717) is 10.9 Å². The minimum Gasteiger partial charge on any atom is -0.326 e. The van der Waals surface area contributed by atoms with E-state index in [9.17, 15) is 9.59 Å². The Morgan fingerprint density at radius 2 is 1.96 bits per heavy atom. The normalized spacial score (nSPS) is 21.9. The summed E-state index contributed by atoms with van der Waals surface area (Å²) in [5, 5.41) is 13.8. The Bertz CT molecular complexity index is 695. The van der Waals surface area contributed by atoms with Gasteiger partial charge >= 0.3 is 0 Å². The number of carbonyl (C=O) groups excluding carboxylic acids is 2. The summed E-state index contributed by atoms with van der Waals surface area (Å²) in [4.78, 5) is 24.1. The number of benzene rings is 1. The number of amides is 2. The molecule has 6 nitrogen and oxygen atoms in total. The zero-order valence-electron chi connectivity index (χ0n) is 12.9. The van der Waals surface area contributed by atoms with Crippen LogP contribution in [0.2, 0.25) is 0 Å². The van der Waals surface area contributed by atoms with Gasteiger partial charge in [0, 0.05) is 22.3 Å². The lowest BCUT2D eigenvalue weighted by Gasteiger charge is -2.07. The molecule has 1 saturated heterocycles. The molecule has 2 N–H and O–H groups in total. The van der Waals surface area contributed by atoms with Gasteiger partial charge in [0.2, 0.25) is 11.8 Å². The van der Waals surface area contributed by atoms with Crippen molar-refractivity contribution in [3.63, 3.8) is 0 Å². The van der Waals surface area contributed by atoms with Crippen LogP contribution in [-0.4, -0.2) is 27.9 Å². The average molecular weight is 409 g/mol. The molecule has 2 aliphatic rings. The van der Waals surface area contributed by atoms with Crippen molar-refractivity contribution in [2.45, 2.75) is 37.4 Å². The van der Waals surface area contributed by atoms with Gasteiger partial charge in [-0.05, 0) is 49.9 Å². The first-order valence-electron chi connectivity index (χ1n) is 7.76. The molecule has 0 aromatic heterocycles. The number of thioether (sulfide) groups is 1. The van der Waals surface area contributed by atoms with Gasteiger partial charge in [-0.2, -0.15) is 5.10 Å². The third-order valence-electron chi connectivity index (χ3n) is 3.74. The van der Waals surface area contributed by atoms with Gasteiger partial charge < -0.3 is 10.6 Å². The molecule has 0 bridgehead atoms. The van der Waals surface area contributed by atoms with Gasteiger partial charge in [-0.1, -0.05) is 27.7 Å². The number of amidine groups is 1. The summed E-state index contributed by atoms with van der Waals surface area (Å²) in [7, 11) is 0. The fraction of sp³-hybridized carbons (Fsp3) is 0.375. The minimum absolute atomic E-state index is 0.0994. The van der Waals surface area contributed by atoms with Crippen LogP contribution in [0.25, 0.3) is 0 Å². The third kappa shape index (κ3) is 4.67. The Morgan fingerprint density at radius 1 is 1.25 bits per heavy atom. The van der Waals surface area contributed by atoms with Crippen LogP contribution >= 0.6 is 27.7 Å². The number of rotatable bonds is 4. The Hall–Kier alpha value is -1.67. The zero-order valence-corrected chi connectivity index (χ0v) is 15.3. The second-order valence-corrected chi connectivity index (χ2v) is 7.74. The van der Waals surface area contributed by atoms with E-state index >= 15 is 0 Å². The first-order valence-corrected chi connectivity index (χ1v) is 9.44. The lowest BCUT2D eigenvalue weighted by atomic mass is 10.2. The highest BCUT2D eigenvalue weighted by atomic mass is 79.9. The maximum Gasteiger partial charge on any atom is 0.240 e. The summed E-state index contributed by atoms with van der Waals surface area (Å²) in [6.07, 6.45) is 4.37. The number of hydrogen-bond donors (Lipinski definition) is 2. The van der Waals surface area contributed by atoms with Crippen LogP contribution in [0.5, 0.6) is 0 Å². The lowest BCUT2D eigenvalue weighted by molar-refractivity contribution is -0.122. The fourth-order valence-corrected chi connectivity index (χ4v) is 3.68. The first-order chi connectivity index (χ1) is 11.6. The number of nitrogens with one attached hydrogen (secondary N) is 2. The van der Waals surface area contributed by atoms with Crippen LogP contribution in [0.3, 0.4) is 0 Å². The smallest absolute Gasteiger partial charge is 0.240 e. The monoisotopic (exact) mass is 408 g/mol. The maximum absolute atomic E-state index is 12.1. The number of anilines is 1. The molecule has 1 saturated carbocycles. The van der Waals surface area contributed by atoms with E-state index in [1.165, 1.54) is 11.8 Å². The second kappa shape index (κ2) is 7.94. The van der Waals surface area contributed by atoms with E-state index in [-0.39, 0.29) is 18.2 Å². The summed E-state index contributed by atoms with van der Waals surface area (Å²) >= 11 is 4.60. The van der Waals surface area contributed by atoms with Gasteiger partial charge in [-0.15, -0.1) is 5.10 Å². The van der Waals surface area contributed by atoms with Crippen molar-refractivity contribution < 1.29 is 9.59 Å². The van der Waals surface area contributed by atoms with Crippen LogP contribution in [-0.2, 0) is 9.59 Å². The molecule has 2 fully saturated rings. The zero-order chi connectivity index (χ0) is 16.9. The Kier molecular flexibility index (Phi) is 5.68. The molecule has 126 valence electrons. The third-order valence-corrected chi connectivity index (χ3v) is 5.34. The summed E-state index contributed by atoms with van der Waals surface area (Å²) in [5.74, 6) is -0.398. The number of hydrogen-bond acceptors (Lipinski definition) is 5. The first kappa shape index (κ1) is 17.2. The second-order valence-electron chi connectivity index (χ2n) is 5.63. The maximum atomic E-state index is 12.1. The van der Waals surface area contributed by atoms with E-state index in [1.807, 2.05) is 12.1 Å². The number of nitrogens with zero attached hydrogens (tertiary/aromatic N) is 2. The van der Waals surface area contributed by atoms with Crippen molar-refractivity contribution in [1.29, 1.82) is 0 Å². The molecule has 1 atom stereocenters. The van der Waals surface area contributed by atoms with Gasteiger partial charge in [-0.3, -0.25) is 9.59 Å². The molecule has 2 amide bonds. The van der Waals surface area contributed by atoms with Gasteiger partial charge in [0.15, 0.2) is 5.17 Å². The van der Waals surface area contributed by atoms with Crippen molar-refractivity contribution in [2.24, 2.45) is 10.2 Å². The highest BCUT2D eigenvalue weighted by Gasteiger charge is 2.32. The Labute approximate surface area is 152 Å². The number of halogens is 1. The predicted molar refractivity (Wildman–Crippen MR) is 100 cm³/mol. The van der Waals surface area contributed by atoms with Crippen LogP contribution in [0.15, 0.2) is 38.9 Å². The lowest BCUT2D eigenvalue weighted by Crippen LogP contribution is -2.28. The topological polar surface area (TPSA) is 82.9 Å². The van der Waals surface area contributed by atoms with Crippen LogP contribution in [0, 0.1) is 0 Å². The van der Waals surface area contributed by atoms with Crippen molar-refractivity contribution in [3.05, 3.63) is 28.7 Å². The van der Waals surface area contributed by atoms with Gasteiger partial charge in [-0.25, -0.2) is 0 Å². The van der Waals surface area contributed by atoms with E-state index in [2.05, 4.69) is 36.8 Å². The molecule has 1 aliphatic heterocycles. The molecule has 0 spiro atoms. The summed E-state index contributed by atoms with van der Waals surface area (Å²) in [6, 6.07) is 7.29. The van der Waals surface area contributed by atoms with E-state index in [1.54, 1.807) is 12.1 Å². The molecule has 8 heteroatoms. The van der Waals surface area contributed by atoms with Crippen molar-refractivity contribution in [1.82, 2.24) is 5.32 Å². The standard InChI is InChI=1S/C16H17BrN4O2S/c17-10-5-7-11(8-6-10)18-14(22)9-13-15(23)19-16(24-13)21-20-12-3-1-2-4-12/h5-8,13H,1-4,9H2,(H,18,22)(H,19,21,23)/t13-/m0/s1. The predicted octanol–water partition coefficient (Wildman–Crippen LogP) is 3.30. The highest BCUT2D eigenvalue weighted by molar-refractivity contribution is 9.10. The van der Waals surface area contributed by atoms with Crippen molar-refractivity contribution in [2.75, 3.05) is 5.32 Å². The van der Waals surface area contributed by atoms with Gasteiger partial charge in [0.05, 0.1) is 0 Å². The van der Waals surface area contributed by atoms with Crippen molar-refractivity contribution >= 4 is 56.1 Å². The minimum atomic E-state index is -0.469. The quantitative estimate of drug-likeness (QED) is 0.749. The molecule has 1 heterocycles. The summed E-state index contributed by atoms with van der Waals surface area (Å²) in [5.41, 5.74) is 1.78. The average Bonchev–Trinajstić information content (AvgIpc) is 3.18. The van der Waals surface area contributed by atoms with E-state index in [0.717, 1.165) is 35.9 Å². The van der Waals surface area contributed by atoms with Gasteiger partial charge in [0.25, 0.3) is 0 Å². The van der Waals surface area contributed by atoms with E-state index in [4.69, 9.17) is 0 Å². The molecule has 1 aromatic rings. The molecular weight excluding hydrogens is 392 g/mol. The molecule has 3 rings (SSSR count).